The largest absolute Gasteiger partial charge is 0.278 e. The maximum atomic E-state index is 5.35. The SMILES string of the molecule is C1=CC(c2ccc(-c3nc(-n4c5ccccc5c5ccc(-c6ccc7sc8ccccc8c7c6)cc54)nc4ccccc34)cc2)=CCC1. The lowest BCUT2D eigenvalue weighted by Gasteiger charge is -2.13. The highest BCUT2D eigenvalue weighted by Gasteiger charge is 2.18. The summed E-state index contributed by atoms with van der Waals surface area (Å²) in [5.74, 6) is 0.674. The van der Waals surface area contributed by atoms with Crippen molar-refractivity contribution in [3.8, 4) is 28.3 Å². The van der Waals surface area contributed by atoms with Crippen LogP contribution in [0.1, 0.15) is 18.4 Å². The predicted octanol–water partition coefficient (Wildman–Crippen LogP) is 12.2. The van der Waals surface area contributed by atoms with Crippen molar-refractivity contribution in [3.63, 3.8) is 0 Å². The average Bonchev–Trinajstić information content (AvgIpc) is 3.70. The highest BCUT2D eigenvalue weighted by molar-refractivity contribution is 7.25. The second-order valence-electron chi connectivity index (χ2n) is 12.5. The molecule has 0 spiro atoms. The van der Waals surface area contributed by atoms with E-state index in [9.17, 15) is 0 Å². The molecular weight excluding hydrogens is 603 g/mol. The fourth-order valence-corrected chi connectivity index (χ4v) is 8.39. The summed E-state index contributed by atoms with van der Waals surface area (Å²) in [7, 11) is 0. The van der Waals surface area contributed by atoms with Gasteiger partial charge in [0.05, 0.1) is 22.2 Å². The summed E-state index contributed by atoms with van der Waals surface area (Å²) in [6, 6.07) is 48.1. The number of hydrogen-bond acceptors (Lipinski definition) is 3. The summed E-state index contributed by atoms with van der Waals surface area (Å²) >= 11 is 1.85. The summed E-state index contributed by atoms with van der Waals surface area (Å²) in [4.78, 5) is 10.6. The van der Waals surface area contributed by atoms with Gasteiger partial charge in [-0.25, -0.2) is 9.97 Å². The van der Waals surface area contributed by atoms with E-state index in [1.165, 1.54) is 53.2 Å². The van der Waals surface area contributed by atoms with Crippen LogP contribution in [0, 0.1) is 0 Å². The Morgan fingerprint density at radius 1 is 0.500 bits per heavy atom. The number of nitrogens with zero attached hydrogens (tertiary/aromatic N) is 3. The fourth-order valence-electron chi connectivity index (χ4n) is 7.30. The van der Waals surface area contributed by atoms with Gasteiger partial charge in [0.15, 0.2) is 0 Å². The average molecular weight is 632 g/mol. The van der Waals surface area contributed by atoms with Gasteiger partial charge < -0.3 is 0 Å². The molecule has 0 aliphatic heterocycles. The molecular formula is C44H29N3S. The van der Waals surface area contributed by atoms with E-state index in [1.54, 1.807) is 0 Å². The van der Waals surface area contributed by atoms with E-state index in [2.05, 4.69) is 156 Å². The van der Waals surface area contributed by atoms with Crippen molar-refractivity contribution in [2.45, 2.75) is 12.8 Å². The zero-order valence-corrected chi connectivity index (χ0v) is 26.9. The van der Waals surface area contributed by atoms with Gasteiger partial charge >= 0.3 is 0 Å². The molecule has 3 aromatic heterocycles. The van der Waals surface area contributed by atoms with Gasteiger partial charge in [-0.3, -0.25) is 4.57 Å². The van der Waals surface area contributed by atoms with E-state index in [4.69, 9.17) is 9.97 Å². The van der Waals surface area contributed by atoms with Gasteiger partial charge in [-0.2, -0.15) is 0 Å². The lowest BCUT2D eigenvalue weighted by Crippen LogP contribution is -2.03. The van der Waals surface area contributed by atoms with E-state index in [0.29, 0.717) is 5.95 Å². The highest BCUT2D eigenvalue weighted by atomic mass is 32.1. The van der Waals surface area contributed by atoms with Crippen LogP contribution in [0.3, 0.4) is 0 Å². The molecule has 0 bridgehead atoms. The third-order valence-corrected chi connectivity index (χ3v) is 10.8. The molecule has 10 rings (SSSR count). The van der Waals surface area contributed by atoms with Crippen LogP contribution in [-0.2, 0) is 0 Å². The van der Waals surface area contributed by atoms with E-state index in [1.807, 2.05) is 11.3 Å². The molecule has 0 unspecified atom stereocenters. The molecule has 48 heavy (non-hydrogen) atoms. The van der Waals surface area contributed by atoms with Crippen molar-refractivity contribution in [1.29, 1.82) is 0 Å². The highest BCUT2D eigenvalue weighted by Crippen LogP contribution is 2.39. The van der Waals surface area contributed by atoms with Gasteiger partial charge in [-0.05, 0) is 71.5 Å². The molecule has 9 aromatic rings. The molecule has 0 atom stereocenters. The first-order valence-electron chi connectivity index (χ1n) is 16.5. The summed E-state index contributed by atoms with van der Waals surface area (Å²) in [5.41, 5.74) is 10.0. The summed E-state index contributed by atoms with van der Waals surface area (Å²) < 4.78 is 4.88. The summed E-state index contributed by atoms with van der Waals surface area (Å²) in [6.45, 7) is 0. The Morgan fingerprint density at radius 3 is 2.06 bits per heavy atom. The molecule has 3 nitrogen and oxygen atoms in total. The van der Waals surface area contributed by atoms with Gasteiger partial charge in [0.1, 0.15) is 0 Å². The number of allylic oxidation sites excluding steroid dienone is 4. The van der Waals surface area contributed by atoms with E-state index in [-0.39, 0.29) is 0 Å². The standard InChI is InChI=1S/C44H29N3S/c1-2-10-28(11-3-1)29-18-20-30(21-19-29)43-36-14-4-7-15-38(36)45-44(46-43)47-39-16-8-5-12-33(39)34-24-22-32(27-40(34)47)31-23-25-42-37(26-31)35-13-6-9-17-41(35)48-42/h2,4-27H,1,3H2. The van der Waals surface area contributed by atoms with Gasteiger partial charge in [-0.1, -0.05) is 115 Å². The maximum Gasteiger partial charge on any atom is 0.235 e. The number of thiophene rings is 1. The molecule has 226 valence electrons. The maximum absolute atomic E-state index is 5.35. The molecule has 3 heterocycles. The van der Waals surface area contributed by atoms with Crippen molar-refractivity contribution in [2.24, 2.45) is 0 Å². The Hall–Kier alpha value is -5.84. The zero-order valence-electron chi connectivity index (χ0n) is 26.1. The second kappa shape index (κ2) is 10.9. The van der Waals surface area contributed by atoms with Gasteiger partial charge in [0, 0.05) is 41.9 Å². The van der Waals surface area contributed by atoms with Crippen LogP contribution in [0.5, 0.6) is 0 Å². The Balaban J connectivity index is 1.17. The van der Waals surface area contributed by atoms with E-state index >= 15 is 0 Å². The smallest absolute Gasteiger partial charge is 0.235 e. The molecule has 0 N–H and O–H groups in total. The number of rotatable bonds is 4. The first kappa shape index (κ1) is 27.3. The fraction of sp³-hybridized carbons (Fsp3) is 0.0455. The minimum atomic E-state index is 0.674. The van der Waals surface area contributed by atoms with Crippen LogP contribution >= 0.6 is 11.3 Å². The van der Waals surface area contributed by atoms with Gasteiger partial charge in [-0.15, -0.1) is 11.3 Å². The first-order valence-corrected chi connectivity index (χ1v) is 17.3. The Morgan fingerprint density at radius 2 is 1.19 bits per heavy atom. The summed E-state index contributed by atoms with van der Waals surface area (Å²) in [5, 5.41) is 6.04. The van der Waals surface area contributed by atoms with Gasteiger partial charge in [0.2, 0.25) is 5.95 Å². The van der Waals surface area contributed by atoms with Gasteiger partial charge in [0.25, 0.3) is 0 Å². The van der Waals surface area contributed by atoms with Crippen LogP contribution in [0.25, 0.3) is 86.8 Å². The topological polar surface area (TPSA) is 30.7 Å². The van der Waals surface area contributed by atoms with Crippen molar-refractivity contribution < 1.29 is 0 Å². The van der Waals surface area contributed by atoms with Crippen LogP contribution in [0.2, 0.25) is 0 Å². The van der Waals surface area contributed by atoms with Crippen molar-refractivity contribution in [3.05, 3.63) is 157 Å². The molecule has 4 heteroatoms. The normalized spacial score (nSPS) is 13.3. The number of fused-ring (bicyclic) bond motifs is 7. The first-order chi connectivity index (χ1) is 23.8. The van der Waals surface area contributed by atoms with Crippen LogP contribution in [-0.4, -0.2) is 14.5 Å². The molecule has 0 radical (unpaired) electrons. The number of benzene rings is 6. The number of aromatic nitrogens is 3. The van der Waals surface area contributed by atoms with Crippen molar-refractivity contribution >= 4 is 69.8 Å². The predicted molar refractivity (Wildman–Crippen MR) is 204 cm³/mol. The monoisotopic (exact) mass is 631 g/mol. The quantitative estimate of drug-likeness (QED) is 0.193. The third kappa shape index (κ3) is 4.34. The Kier molecular flexibility index (Phi) is 6.18. The van der Waals surface area contributed by atoms with E-state index < -0.39 is 0 Å². The lowest BCUT2D eigenvalue weighted by atomic mass is 9.97. The molecule has 0 saturated heterocycles. The van der Waals surface area contributed by atoms with Crippen LogP contribution in [0.4, 0.5) is 0 Å². The zero-order chi connectivity index (χ0) is 31.6. The second-order valence-corrected chi connectivity index (χ2v) is 13.6. The molecule has 0 fully saturated rings. The van der Waals surface area contributed by atoms with Crippen molar-refractivity contribution in [2.75, 3.05) is 0 Å². The minimum Gasteiger partial charge on any atom is -0.278 e. The van der Waals surface area contributed by atoms with E-state index in [0.717, 1.165) is 46.0 Å². The molecule has 6 aromatic carbocycles. The van der Waals surface area contributed by atoms with Crippen LogP contribution in [0.15, 0.2) is 152 Å². The molecule has 0 amide bonds. The molecule has 1 aliphatic carbocycles. The number of para-hydroxylation sites is 2. The third-order valence-electron chi connectivity index (χ3n) is 9.66. The number of hydrogen-bond donors (Lipinski definition) is 0. The van der Waals surface area contributed by atoms with Crippen LogP contribution < -0.4 is 0 Å². The Labute approximate surface area is 281 Å². The Bertz CT molecular complexity index is 2780. The molecule has 1 aliphatic rings. The summed E-state index contributed by atoms with van der Waals surface area (Å²) in [6.07, 6.45) is 9.02. The minimum absolute atomic E-state index is 0.674. The molecule has 0 saturated carbocycles. The lowest BCUT2D eigenvalue weighted by molar-refractivity contribution is 1.01. The van der Waals surface area contributed by atoms with Crippen molar-refractivity contribution in [1.82, 2.24) is 14.5 Å².